The molecule has 0 fully saturated rings. The average Bonchev–Trinajstić information content (AvgIpc) is 2.79. The average molecular weight is 253 g/mol. The van der Waals surface area contributed by atoms with Gasteiger partial charge in [0.1, 0.15) is 5.82 Å². The first-order valence-corrected chi connectivity index (χ1v) is 6.44. The number of aromatic nitrogens is 1. The third-order valence-electron chi connectivity index (χ3n) is 3.68. The van der Waals surface area contributed by atoms with E-state index in [1.54, 1.807) is 6.07 Å². The summed E-state index contributed by atoms with van der Waals surface area (Å²) in [6.07, 6.45) is 1.95. The number of benzene rings is 2. The lowest BCUT2D eigenvalue weighted by Gasteiger charge is -2.08. The Morgan fingerprint density at radius 1 is 1.00 bits per heavy atom. The second kappa shape index (κ2) is 4.54. The van der Waals surface area contributed by atoms with Gasteiger partial charge in [-0.1, -0.05) is 24.3 Å². The molecule has 0 saturated carbocycles. The maximum absolute atomic E-state index is 13.6. The summed E-state index contributed by atoms with van der Waals surface area (Å²) in [6, 6.07) is 13.5. The quantitative estimate of drug-likeness (QED) is 0.636. The molecule has 19 heavy (non-hydrogen) atoms. The van der Waals surface area contributed by atoms with Crippen molar-refractivity contribution in [3.05, 3.63) is 71.2 Å². The third-order valence-corrected chi connectivity index (χ3v) is 3.68. The zero-order valence-corrected chi connectivity index (χ0v) is 11.2. The van der Waals surface area contributed by atoms with E-state index in [0.29, 0.717) is 5.39 Å². The molecule has 3 rings (SSSR count). The second-order valence-electron chi connectivity index (χ2n) is 5.03. The molecule has 0 aliphatic carbocycles. The first kappa shape index (κ1) is 12.0. The molecule has 3 aromatic rings. The lowest BCUT2D eigenvalue weighted by Crippen LogP contribution is -1.98. The molecule has 0 atom stereocenters. The van der Waals surface area contributed by atoms with E-state index in [2.05, 4.69) is 36.6 Å². The summed E-state index contributed by atoms with van der Waals surface area (Å²) in [5.74, 6) is -0.156. The Balaban J connectivity index is 2.01. The zero-order chi connectivity index (χ0) is 13.4. The molecule has 0 aliphatic rings. The second-order valence-corrected chi connectivity index (χ2v) is 5.03. The largest absolute Gasteiger partial charge is 0.343 e. The van der Waals surface area contributed by atoms with Crippen LogP contribution in [0.5, 0.6) is 0 Å². The Labute approximate surface area is 112 Å². The van der Waals surface area contributed by atoms with E-state index >= 15 is 0 Å². The summed E-state index contributed by atoms with van der Waals surface area (Å²) in [7, 11) is 0. The Morgan fingerprint density at radius 3 is 2.63 bits per heavy atom. The number of nitrogens with zero attached hydrogens (tertiary/aromatic N) is 1. The van der Waals surface area contributed by atoms with Gasteiger partial charge in [0.05, 0.1) is 5.52 Å². The van der Waals surface area contributed by atoms with Crippen LogP contribution in [-0.2, 0) is 6.54 Å². The lowest BCUT2D eigenvalue weighted by molar-refractivity contribution is 0.639. The molecule has 1 nitrogen and oxygen atoms in total. The van der Waals surface area contributed by atoms with Crippen LogP contribution in [0.4, 0.5) is 4.39 Å². The number of rotatable bonds is 2. The molecule has 0 bridgehead atoms. The molecule has 0 aliphatic heterocycles. The minimum atomic E-state index is -0.156. The zero-order valence-electron chi connectivity index (χ0n) is 11.2. The molecule has 96 valence electrons. The molecule has 0 radical (unpaired) electrons. The van der Waals surface area contributed by atoms with Crippen molar-refractivity contribution >= 4 is 10.9 Å². The lowest BCUT2D eigenvalue weighted by atomic mass is 10.1. The fraction of sp³-hybridized carbons (Fsp3) is 0.176. The molecule has 0 N–H and O–H groups in total. The summed E-state index contributed by atoms with van der Waals surface area (Å²) in [5.41, 5.74) is 4.77. The van der Waals surface area contributed by atoms with Crippen LogP contribution in [-0.4, -0.2) is 4.57 Å². The van der Waals surface area contributed by atoms with Crippen molar-refractivity contribution in [2.45, 2.75) is 20.4 Å². The van der Waals surface area contributed by atoms with E-state index in [1.165, 1.54) is 22.8 Å². The maximum atomic E-state index is 13.6. The van der Waals surface area contributed by atoms with Crippen LogP contribution in [0.1, 0.15) is 16.7 Å². The molecule has 2 heteroatoms. The Kier molecular flexibility index (Phi) is 2.86. The molecule has 1 aromatic heterocycles. The monoisotopic (exact) mass is 253 g/mol. The van der Waals surface area contributed by atoms with Crippen LogP contribution in [0.3, 0.4) is 0 Å². The number of fused-ring (bicyclic) bond motifs is 1. The summed E-state index contributed by atoms with van der Waals surface area (Å²) in [5, 5.41) is 0.686. The van der Waals surface area contributed by atoms with Crippen molar-refractivity contribution in [3.8, 4) is 0 Å². The molecular formula is C17H16FN. The molecule has 2 aromatic carbocycles. The van der Waals surface area contributed by atoms with Crippen LogP contribution in [0, 0.1) is 19.7 Å². The smallest absolute Gasteiger partial charge is 0.132 e. The van der Waals surface area contributed by atoms with Crippen molar-refractivity contribution < 1.29 is 4.39 Å². The third kappa shape index (κ3) is 2.14. The highest BCUT2D eigenvalue weighted by Gasteiger charge is 2.05. The van der Waals surface area contributed by atoms with Gasteiger partial charge in [-0.3, -0.25) is 0 Å². The normalized spacial score (nSPS) is 11.1. The van der Waals surface area contributed by atoms with Gasteiger partial charge in [0.2, 0.25) is 0 Å². The predicted octanol–water partition coefficient (Wildman–Crippen LogP) is 4.45. The molecule has 1 heterocycles. The maximum Gasteiger partial charge on any atom is 0.132 e. The van der Waals surface area contributed by atoms with E-state index in [1.807, 2.05) is 18.3 Å². The Bertz CT molecular complexity index is 740. The molecule has 0 amide bonds. The first-order chi connectivity index (χ1) is 9.15. The van der Waals surface area contributed by atoms with Crippen LogP contribution < -0.4 is 0 Å². The molecule has 0 spiro atoms. The fourth-order valence-electron chi connectivity index (χ4n) is 2.42. The SMILES string of the molecule is Cc1ccc(Cn2ccc3c(F)cccc32)cc1C. The van der Waals surface area contributed by atoms with Crippen molar-refractivity contribution in [1.82, 2.24) is 4.57 Å². The van der Waals surface area contributed by atoms with Gasteiger partial charge in [0, 0.05) is 18.1 Å². The number of hydrogen-bond donors (Lipinski definition) is 0. The highest BCUT2D eigenvalue weighted by Crippen LogP contribution is 2.20. The topological polar surface area (TPSA) is 4.93 Å². The van der Waals surface area contributed by atoms with Gasteiger partial charge in [-0.25, -0.2) is 4.39 Å². The minimum absolute atomic E-state index is 0.156. The van der Waals surface area contributed by atoms with Gasteiger partial charge in [0.25, 0.3) is 0 Å². The molecule has 0 saturated heterocycles. The van der Waals surface area contributed by atoms with E-state index in [9.17, 15) is 4.39 Å². The van der Waals surface area contributed by atoms with Gasteiger partial charge < -0.3 is 4.57 Å². The predicted molar refractivity (Wildman–Crippen MR) is 76.9 cm³/mol. The Morgan fingerprint density at radius 2 is 1.84 bits per heavy atom. The fourth-order valence-corrected chi connectivity index (χ4v) is 2.42. The summed E-state index contributed by atoms with van der Waals surface area (Å²) in [6.45, 7) is 5.00. The highest BCUT2D eigenvalue weighted by atomic mass is 19.1. The van der Waals surface area contributed by atoms with Crippen LogP contribution in [0.25, 0.3) is 10.9 Å². The Hall–Kier alpha value is -2.09. The summed E-state index contributed by atoms with van der Waals surface area (Å²) < 4.78 is 15.7. The van der Waals surface area contributed by atoms with Crippen molar-refractivity contribution in [2.24, 2.45) is 0 Å². The van der Waals surface area contributed by atoms with Crippen molar-refractivity contribution in [2.75, 3.05) is 0 Å². The van der Waals surface area contributed by atoms with E-state index in [4.69, 9.17) is 0 Å². The highest BCUT2D eigenvalue weighted by molar-refractivity contribution is 5.80. The number of hydrogen-bond acceptors (Lipinski definition) is 0. The van der Waals surface area contributed by atoms with Gasteiger partial charge in [-0.2, -0.15) is 0 Å². The summed E-state index contributed by atoms with van der Waals surface area (Å²) >= 11 is 0. The van der Waals surface area contributed by atoms with E-state index < -0.39 is 0 Å². The van der Waals surface area contributed by atoms with Crippen molar-refractivity contribution in [1.29, 1.82) is 0 Å². The minimum Gasteiger partial charge on any atom is -0.343 e. The van der Waals surface area contributed by atoms with Gasteiger partial charge in [-0.05, 0) is 48.7 Å². The van der Waals surface area contributed by atoms with Gasteiger partial charge >= 0.3 is 0 Å². The summed E-state index contributed by atoms with van der Waals surface area (Å²) in [4.78, 5) is 0. The van der Waals surface area contributed by atoms with Crippen molar-refractivity contribution in [3.63, 3.8) is 0 Å². The first-order valence-electron chi connectivity index (χ1n) is 6.44. The van der Waals surface area contributed by atoms with E-state index in [-0.39, 0.29) is 5.82 Å². The van der Waals surface area contributed by atoms with Crippen LogP contribution >= 0.6 is 0 Å². The van der Waals surface area contributed by atoms with Crippen LogP contribution in [0.2, 0.25) is 0 Å². The standard InChI is InChI=1S/C17H16FN/c1-12-6-7-14(10-13(12)2)11-19-9-8-15-16(18)4-3-5-17(15)19/h3-10H,11H2,1-2H3. The van der Waals surface area contributed by atoms with Gasteiger partial charge in [-0.15, -0.1) is 0 Å². The number of halogens is 1. The van der Waals surface area contributed by atoms with Gasteiger partial charge in [0.15, 0.2) is 0 Å². The molecular weight excluding hydrogens is 237 g/mol. The molecule has 0 unspecified atom stereocenters. The number of aryl methyl sites for hydroxylation is 2. The van der Waals surface area contributed by atoms with E-state index in [0.717, 1.165) is 12.1 Å². The van der Waals surface area contributed by atoms with Crippen LogP contribution in [0.15, 0.2) is 48.7 Å².